The number of carbonyl (C=O) groups is 1. The van der Waals surface area contributed by atoms with Crippen molar-refractivity contribution < 1.29 is 13.2 Å². The highest BCUT2D eigenvalue weighted by atomic mass is 35.5. The monoisotopic (exact) mass is 502 g/mol. The van der Waals surface area contributed by atoms with Crippen molar-refractivity contribution in [2.24, 2.45) is 0 Å². The lowest BCUT2D eigenvalue weighted by Gasteiger charge is -2.30. The minimum absolute atomic E-state index is 0.302. The summed E-state index contributed by atoms with van der Waals surface area (Å²) in [6.07, 6.45) is 1.39. The first-order valence-corrected chi connectivity index (χ1v) is 13.7. The number of aryl methyl sites for hydroxylation is 1. The number of thioether (sulfide) groups is 1. The van der Waals surface area contributed by atoms with Crippen LogP contribution in [0, 0.1) is 6.92 Å². The van der Waals surface area contributed by atoms with E-state index in [2.05, 4.69) is 17.4 Å². The highest BCUT2D eigenvalue weighted by Crippen LogP contribution is 2.28. The van der Waals surface area contributed by atoms with Crippen LogP contribution in [0.1, 0.15) is 24.5 Å². The Morgan fingerprint density at radius 1 is 1.06 bits per heavy atom. The van der Waals surface area contributed by atoms with Crippen molar-refractivity contribution in [3.8, 4) is 0 Å². The molecule has 8 heteroatoms. The Morgan fingerprint density at radius 3 is 2.39 bits per heavy atom. The fourth-order valence-electron chi connectivity index (χ4n) is 3.53. The SMILES string of the molecule is CCC(C(=O)Nc1ccc(CSc2ccccc2)cc1C)N(c1cccc(Cl)c1)S(C)(=O)=O. The van der Waals surface area contributed by atoms with E-state index in [1.165, 1.54) is 4.90 Å². The smallest absolute Gasteiger partial charge is 0.248 e. The van der Waals surface area contributed by atoms with Crippen LogP contribution in [-0.4, -0.2) is 26.6 Å². The summed E-state index contributed by atoms with van der Waals surface area (Å²) in [6, 6.07) is 21.6. The standard InChI is InChI=1S/C25H27ClN2O3S2/c1-4-24(28(33(3,30)31)21-10-8-9-20(26)16-21)25(29)27-23-14-13-19(15-18(23)2)17-32-22-11-6-5-7-12-22/h5-16,24H,4,17H2,1-3H3,(H,27,29). The van der Waals surface area contributed by atoms with Gasteiger partial charge >= 0.3 is 0 Å². The van der Waals surface area contributed by atoms with Crippen LogP contribution in [0.2, 0.25) is 5.02 Å². The maximum absolute atomic E-state index is 13.2. The van der Waals surface area contributed by atoms with Gasteiger partial charge in [0.05, 0.1) is 11.9 Å². The maximum Gasteiger partial charge on any atom is 0.248 e. The lowest BCUT2D eigenvalue weighted by Crippen LogP contribution is -2.47. The molecule has 3 rings (SSSR count). The van der Waals surface area contributed by atoms with Gasteiger partial charge in [0, 0.05) is 21.4 Å². The second-order valence-corrected chi connectivity index (χ2v) is 11.0. The zero-order valence-electron chi connectivity index (χ0n) is 18.8. The van der Waals surface area contributed by atoms with E-state index in [-0.39, 0.29) is 0 Å². The summed E-state index contributed by atoms with van der Waals surface area (Å²) in [5.74, 6) is 0.421. The summed E-state index contributed by atoms with van der Waals surface area (Å²) in [5.41, 5.74) is 3.07. The molecule has 0 saturated carbocycles. The molecular weight excluding hydrogens is 476 g/mol. The second kappa shape index (κ2) is 11.1. The average molecular weight is 503 g/mol. The molecule has 0 spiro atoms. The van der Waals surface area contributed by atoms with Gasteiger partial charge in [-0.05, 0) is 60.9 Å². The first kappa shape index (κ1) is 25.1. The van der Waals surface area contributed by atoms with E-state index in [9.17, 15) is 13.2 Å². The average Bonchev–Trinajstić information content (AvgIpc) is 2.77. The first-order valence-electron chi connectivity index (χ1n) is 10.5. The van der Waals surface area contributed by atoms with Crippen molar-refractivity contribution in [1.82, 2.24) is 0 Å². The number of nitrogens with zero attached hydrogens (tertiary/aromatic N) is 1. The van der Waals surface area contributed by atoms with E-state index in [1.54, 1.807) is 43.0 Å². The topological polar surface area (TPSA) is 66.5 Å². The van der Waals surface area contributed by atoms with Crippen molar-refractivity contribution in [3.05, 3.63) is 88.9 Å². The summed E-state index contributed by atoms with van der Waals surface area (Å²) in [4.78, 5) is 14.4. The number of anilines is 2. The van der Waals surface area contributed by atoms with Gasteiger partial charge in [0.25, 0.3) is 0 Å². The van der Waals surface area contributed by atoms with E-state index >= 15 is 0 Å². The molecule has 0 aliphatic heterocycles. The second-order valence-electron chi connectivity index (χ2n) is 7.70. The van der Waals surface area contributed by atoms with E-state index in [0.717, 1.165) is 27.4 Å². The number of benzene rings is 3. The van der Waals surface area contributed by atoms with Crippen LogP contribution in [0.3, 0.4) is 0 Å². The number of sulfonamides is 1. The molecule has 1 unspecified atom stereocenters. The molecule has 0 radical (unpaired) electrons. The summed E-state index contributed by atoms with van der Waals surface area (Å²) >= 11 is 7.82. The van der Waals surface area contributed by atoms with E-state index in [0.29, 0.717) is 22.8 Å². The normalized spacial score (nSPS) is 12.2. The molecule has 1 atom stereocenters. The van der Waals surface area contributed by atoms with Crippen LogP contribution in [0.25, 0.3) is 0 Å². The van der Waals surface area contributed by atoms with E-state index < -0.39 is 22.0 Å². The van der Waals surface area contributed by atoms with Gasteiger partial charge in [0.15, 0.2) is 0 Å². The molecule has 0 aromatic heterocycles. The Hall–Kier alpha value is -2.48. The number of carbonyl (C=O) groups excluding carboxylic acids is 1. The Balaban J connectivity index is 1.77. The van der Waals surface area contributed by atoms with Gasteiger partial charge in [-0.25, -0.2) is 8.42 Å². The number of rotatable bonds is 9. The maximum atomic E-state index is 13.2. The highest BCUT2D eigenvalue weighted by Gasteiger charge is 2.31. The van der Waals surface area contributed by atoms with Crippen molar-refractivity contribution in [3.63, 3.8) is 0 Å². The van der Waals surface area contributed by atoms with Crippen LogP contribution in [0.5, 0.6) is 0 Å². The van der Waals surface area contributed by atoms with Crippen LogP contribution >= 0.6 is 23.4 Å². The zero-order chi connectivity index (χ0) is 24.0. The number of nitrogens with one attached hydrogen (secondary N) is 1. The van der Waals surface area contributed by atoms with Crippen molar-refractivity contribution in [2.45, 2.75) is 37.0 Å². The lowest BCUT2D eigenvalue weighted by atomic mass is 10.1. The van der Waals surface area contributed by atoms with Crippen LogP contribution in [-0.2, 0) is 20.6 Å². The molecule has 174 valence electrons. The summed E-state index contributed by atoms with van der Waals surface area (Å²) in [6.45, 7) is 3.71. The third-order valence-corrected chi connectivity index (χ3v) is 7.59. The molecule has 0 bridgehead atoms. The molecule has 0 aliphatic rings. The Morgan fingerprint density at radius 2 is 1.79 bits per heavy atom. The molecule has 3 aromatic rings. The summed E-state index contributed by atoms with van der Waals surface area (Å²) < 4.78 is 26.3. The zero-order valence-corrected chi connectivity index (χ0v) is 21.2. The number of hydrogen-bond acceptors (Lipinski definition) is 4. The fourth-order valence-corrected chi connectivity index (χ4v) is 5.78. The Labute approximate surface area is 205 Å². The van der Waals surface area contributed by atoms with Gasteiger partial charge in [-0.3, -0.25) is 9.10 Å². The molecule has 1 amide bonds. The van der Waals surface area contributed by atoms with Gasteiger partial charge in [-0.2, -0.15) is 0 Å². The molecule has 3 aromatic carbocycles. The summed E-state index contributed by atoms with van der Waals surface area (Å²) in [5, 5.41) is 3.31. The third kappa shape index (κ3) is 6.76. The van der Waals surface area contributed by atoms with Gasteiger partial charge in [0.2, 0.25) is 15.9 Å². The Kier molecular flexibility index (Phi) is 8.46. The highest BCUT2D eigenvalue weighted by molar-refractivity contribution is 7.98. The molecular formula is C25H27ClN2O3S2. The molecule has 1 N–H and O–H groups in total. The molecule has 0 heterocycles. The minimum Gasteiger partial charge on any atom is -0.324 e. The van der Waals surface area contributed by atoms with Crippen molar-refractivity contribution in [1.29, 1.82) is 0 Å². The quantitative estimate of drug-likeness (QED) is 0.358. The van der Waals surface area contributed by atoms with Gasteiger partial charge in [-0.1, -0.05) is 54.9 Å². The number of hydrogen-bond donors (Lipinski definition) is 1. The van der Waals surface area contributed by atoms with E-state index in [4.69, 9.17) is 11.6 Å². The lowest BCUT2D eigenvalue weighted by molar-refractivity contribution is -0.117. The molecule has 0 saturated heterocycles. The minimum atomic E-state index is -3.72. The number of amides is 1. The molecule has 5 nitrogen and oxygen atoms in total. The van der Waals surface area contributed by atoms with Crippen LogP contribution in [0.15, 0.2) is 77.7 Å². The predicted molar refractivity (Wildman–Crippen MR) is 139 cm³/mol. The molecule has 0 fully saturated rings. The van der Waals surface area contributed by atoms with Crippen LogP contribution < -0.4 is 9.62 Å². The fraction of sp³-hybridized carbons (Fsp3) is 0.240. The first-order chi connectivity index (χ1) is 15.7. The molecule has 33 heavy (non-hydrogen) atoms. The Bertz CT molecular complexity index is 1220. The van der Waals surface area contributed by atoms with Crippen molar-refractivity contribution >= 4 is 50.7 Å². The third-order valence-electron chi connectivity index (χ3n) is 5.09. The summed E-state index contributed by atoms with van der Waals surface area (Å²) in [7, 11) is -3.72. The van der Waals surface area contributed by atoms with Crippen LogP contribution in [0.4, 0.5) is 11.4 Å². The number of halogens is 1. The molecule has 0 aliphatic carbocycles. The van der Waals surface area contributed by atoms with Gasteiger partial charge < -0.3 is 5.32 Å². The largest absolute Gasteiger partial charge is 0.324 e. The van der Waals surface area contributed by atoms with Gasteiger partial charge in [-0.15, -0.1) is 11.8 Å². The van der Waals surface area contributed by atoms with E-state index in [1.807, 2.05) is 43.3 Å². The van der Waals surface area contributed by atoms with Crippen molar-refractivity contribution in [2.75, 3.05) is 15.9 Å². The predicted octanol–water partition coefficient (Wildman–Crippen LogP) is 6.12. The van der Waals surface area contributed by atoms with Gasteiger partial charge in [0.1, 0.15) is 6.04 Å².